The van der Waals surface area contributed by atoms with Crippen molar-refractivity contribution in [3.63, 3.8) is 0 Å². The molecule has 120 valence electrons. The number of rotatable bonds is 3. The van der Waals surface area contributed by atoms with Gasteiger partial charge in [0.25, 0.3) is 5.91 Å². The van der Waals surface area contributed by atoms with Gasteiger partial charge in [-0.25, -0.2) is 4.39 Å². The lowest BCUT2D eigenvalue weighted by atomic mass is 10.2. The number of carbonyl (C=O) groups excluding carboxylic acids is 1. The predicted molar refractivity (Wildman–Crippen MR) is 93.9 cm³/mol. The van der Waals surface area contributed by atoms with Crippen molar-refractivity contribution in [1.29, 1.82) is 0 Å². The minimum absolute atomic E-state index is 0.298. The molecule has 3 aromatic rings. The summed E-state index contributed by atoms with van der Waals surface area (Å²) in [6.45, 7) is 5.81. The fourth-order valence-corrected chi connectivity index (χ4v) is 3.07. The molecule has 23 heavy (non-hydrogen) atoms. The molecule has 0 atom stereocenters. The molecule has 6 heteroatoms. The molecule has 0 saturated heterocycles. The van der Waals surface area contributed by atoms with Gasteiger partial charge in [0.1, 0.15) is 10.7 Å². The second-order valence-electron chi connectivity index (χ2n) is 4.65. The Hall–Kier alpha value is -2.47. The second kappa shape index (κ2) is 7.19. The van der Waals surface area contributed by atoms with Gasteiger partial charge in [-0.2, -0.15) is 0 Å². The van der Waals surface area contributed by atoms with Gasteiger partial charge in [0, 0.05) is 22.5 Å². The van der Waals surface area contributed by atoms with Crippen LogP contribution in [0.2, 0.25) is 0 Å². The maximum absolute atomic E-state index is 14.0. The summed E-state index contributed by atoms with van der Waals surface area (Å²) in [7, 11) is 0. The van der Waals surface area contributed by atoms with Crippen LogP contribution in [0.5, 0.6) is 0 Å². The van der Waals surface area contributed by atoms with E-state index >= 15 is 0 Å². The Morgan fingerprint density at radius 3 is 2.70 bits per heavy atom. The number of anilines is 2. The van der Waals surface area contributed by atoms with Gasteiger partial charge in [0.15, 0.2) is 0 Å². The normalized spacial score (nSPS) is 10.1. The third-order valence-corrected chi connectivity index (χ3v) is 4.28. The van der Waals surface area contributed by atoms with Crippen LogP contribution in [-0.4, -0.2) is 10.9 Å². The zero-order valence-corrected chi connectivity index (χ0v) is 14.0. The lowest BCUT2D eigenvalue weighted by molar-refractivity contribution is 0.100. The summed E-state index contributed by atoms with van der Waals surface area (Å²) in [5, 5.41) is 3.71. The van der Waals surface area contributed by atoms with Gasteiger partial charge in [-0.15, -0.1) is 11.3 Å². The molecular weight excluding hydrogens is 313 g/mol. The summed E-state index contributed by atoms with van der Waals surface area (Å²) in [6.07, 6.45) is 3.27. The number of amides is 1. The number of aryl methyl sites for hydroxylation is 1. The van der Waals surface area contributed by atoms with E-state index in [9.17, 15) is 9.18 Å². The number of nitrogens with zero attached hydrogens (tertiary/aromatic N) is 1. The number of aromatic nitrogens is 1. The molecule has 0 aliphatic rings. The fourth-order valence-electron chi connectivity index (χ4n) is 2.10. The number of thiophene rings is 1. The Kier molecular flexibility index (Phi) is 5.28. The zero-order valence-electron chi connectivity index (χ0n) is 13.2. The van der Waals surface area contributed by atoms with Crippen molar-refractivity contribution in [2.45, 2.75) is 20.8 Å². The predicted octanol–water partition coefficient (Wildman–Crippen LogP) is 4.61. The van der Waals surface area contributed by atoms with Crippen molar-refractivity contribution >= 4 is 38.7 Å². The summed E-state index contributed by atoms with van der Waals surface area (Å²) in [4.78, 5) is 16.0. The quantitative estimate of drug-likeness (QED) is 0.736. The van der Waals surface area contributed by atoms with E-state index < -0.39 is 5.91 Å². The minimum atomic E-state index is -0.550. The third-order valence-electron chi connectivity index (χ3n) is 3.10. The van der Waals surface area contributed by atoms with E-state index in [0.29, 0.717) is 16.3 Å². The number of halogens is 1. The summed E-state index contributed by atoms with van der Waals surface area (Å²) in [5.74, 6) is -0.931. The number of nitrogens with two attached hydrogens (primary N) is 1. The first-order chi connectivity index (χ1) is 11.1. The zero-order chi connectivity index (χ0) is 17.0. The maximum Gasteiger partial charge on any atom is 0.260 e. The van der Waals surface area contributed by atoms with Gasteiger partial charge in [0.2, 0.25) is 0 Å². The monoisotopic (exact) mass is 331 g/mol. The van der Waals surface area contributed by atoms with Crippen LogP contribution in [0.4, 0.5) is 15.8 Å². The van der Waals surface area contributed by atoms with E-state index in [0.717, 1.165) is 15.6 Å². The number of carbonyl (C=O) groups is 1. The first kappa shape index (κ1) is 16.9. The van der Waals surface area contributed by atoms with Crippen LogP contribution in [0.15, 0.2) is 36.7 Å². The van der Waals surface area contributed by atoms with Crippen LogP contribution in [0.25, 0.3) is 10.1 Å². The van der Waals surface area contributed by atoms with Crippen LogP contribution in [0.3, 0.4) is 0 Å². The standard InChI is InChI=1S/C15H12FN3OS.C2H6/c1-8-2-3-11(10(16)6-8)19-13-9-7-18-5-4-12(9)21-14(13)15(17)20;1-2/h2-7,19H,1H3,(H2,17,20);1-2H3. The summed E-state index contributed by atoms with van der Waals surface area (Å²) in [5.41, 5.74) is 7.03. The number of nitrogens with one attached hydrogen (secondary N) is 1. The summed E-state index contributed by atoms with van der Waals surface area (Å²) >= 11 is 1.26. The number of benzene rings is 1. The molecule has 1 amide bonds. The summed E-state index contributed by atoms with van der Waals surface area (Å²) < 4.78 is 14.9. The van der Waals surface area contributed by atoms with Crippen molar-refractivity contribution in [3.05, 3.63) is 52.9 Å². The molecule has 3 rings (SSSR count). The van der Waals surface area contributed by atoms with E-state index in [1.807, 2.05) is 20.8 Å². The van der Waals surface area contributed by atoms with E-state index in [-0.39, 0.29) is 5.82 Å². The minimum Gasteiger partial charge on any atom is -0.365 e. The molecule has 1 aromatic carbocycles. The van der Waals surface area contributed by atoms with Crippen molar-refractivity contribution in [2.75, 3.05) is 5.32 Å². The van der Waals surface area contributed by atoms with Gasteiger partial charge in [-0.3, -0.25) is 9.78 Å². The number of pyridine rings is 1. The number of fused-ring (bicyclic) bond motifs is 1. The topological polar surface area (TPSA) is 68.0 Å². The molecule has 0 saturated carbocycles. The maximum atomic E-state index is 14.0. The average molecular weight is 331 g/mol. The van der Waals surface area contributed by atoms with E-state index in [1.165, 1.54) is 17.4 Å². The molecule has 2 aromatic heterocycles. The van der Waals surface area contributed by atoms with Crippen LogP contribution in [0, 0.1) is 12.7 Å². The van der Waals surface area contributed by atoms with E-state index in [4.69, 9.17) is 5.73 Å². The Labute approximate surface area is 138 Å². The number of hydrogen-bond donors (Lipinski definition) is 2. The van der Waals surface area contributed by atoms with Crippen molar-refractivity contribution < 1.29 is 9.18 Å². The van der Waals surface area contributed by atoms with Gasteiger partial charge < -0.3 is 11.1 Å². The molecule has 0 fully saturated rings. The first-order valence-electron chi connectivity index (χ1n) is 7.26. The van der Waals surface area contributed by atoms with Gasteiger partial charge in [0.05, 0.1) is 11.4 Å². The molecule has 0 spiro atoms. The SMILES string of the molecule is CC.Cc1ccc(Nc2c(C(N)=O)sc3ccncc23)c(F)c1. The molecule has 2 heterocycles. The van der Waals surface area contributed by atoms with Crippen molar-refractivity contribution in [1.82, 2.24) is 4.98 Å². The van der Waals surface area contributed by atoms with Crippen LogP contribution < -0.4 is 11.1 Å². The molecule has 3 N–H and O–H groups in total. The van der Waals surface area contributed by atoms with Gasteiger partial charge in [-0.05, 0) is 30.7 Å². The third kappa shape index (κ3) is 3.48. The van der Waals surface area contributed by atoms with Gasteiger partial charge in [-0.1, -0.05) is 19.9 Å². The second-order valence-corrected chi connectivity index (χ2v) is 5.70. The Bertz CT molecular complexity index is 845. The summed E-state index contributed by atoms with van der Waals surface area (Å²) in [6, 6.07) is 6.65. The van der Waals surface area contributed by atoms with Crippen LogP contribution in [-0.2, 0) is 0 Å². The Balaban J connectivity index is 0.000000924. The first-order valence-corrected chi connectivity index (χ1v) is 8.07. The highest BCUT2D eigenvalue weighted by Crippen LogP contribution is 2.37. The number of hydrogen-bond acceptors (Lipinski definition) is 4. The van der Waals surface area contributed by atoms with Gasteiger partial charge >= 0.3 is 0 Å². The Morgan fingerprint density at radius 1 is 1.30 bits per heavy atom. The molecule has 4 nitrogen and oxygen atoms in total. The van der Waals surface area contributed by atoms with Crippen LogP contribution in [0.1, 0.15) is 29.1 Å². The van der Waals surface area contributed by atoms with Crippen molar-refractivity contribution in [3.8, 4) is 0 Å². The molecule has 0 aliphatic heterocycles. The molecule has 0 aliphatic carbocycles. The highest BCUT2D eigenvalue weighted by molar-refractivity contribution is 7.21. The molecular formula is C17H18FN3OS. The van der Waals surface area contributed by atoms with E-state index in [2.05, 4.69) is 10.3 Å². The lowest BCUT2D eigenvalue weighted by Crippen LogP contribution is -2.11. The largest absolute Gasteiger partial charge is 0.365 e. The smallest absolute Gasteiger partial charge is 0.260 e. The Morgan fingerprint density at radius 2 is 2.04 bits per heavy atom. The lowest BCUT2D eigenvalue weighted by Gasteiger charge is -2.08. The average Bonchev–Trinajstić information content (AvgIpc) is 2.91. The molecule has 0 bridgehead atoms. The van der Waals surface area contributed by atoms with Crippen LogP contribution >= 0.6 is 11.3 Å². The molecule has 0 unspecified atom stereocenters. The number of primary amides is 1. The highest BCUT2D eigenvalue weighted by atomic mass is 32.1. The van der Waals surface area contributed by atoms with Crippen molar-refractivity contribution in [2.24, 2.45) is 5.73 Å². The highest BCUT2D eigenvalue weighted by Gasteiger charge is 2.17. The fraction of sp³-hybridized carbons (Fsp3) is 0.176. The van der Waals surface area contributed by atoms with E-state index in [1.54, 1.807) is 30.6 Å². The molecule has 0 radical (unpaired) electrons.